The highest BCUT2D eigenvalue weighted by atomic mass is 32.2. The summed E-state index contributed by atoms with van der Waals surface area (Å²) in [4.78, 5) is 11.0. The SMILES string of the molecule is CSCCCCCNS(=O)(=O)c1ccc(C)c(C(=O)O)c1. The molecule has 0 radical (unpaired) electrons. The van der Waals surface area contributed by atoms with Crippen LogP contribution in [0.1, 0.15) is 35.2 Å². The lowest BCUT2D eigenvalue weighted by Crippen LogP contribution is -2.25. The quantitative estimate of drug-likeness (QED) is 0.679. The van der Waals surface area contributed by atoms with Gasteiger partial charge in [0.25, 0.3) is 0 Å². The van der Waals surface area contributed by atoms with Crippen molar-refractivity contribution < 1.29 is 18.3 Å². The second kappa shape index (κ2) is 8.41. The fourth-order valence-corrected chi connectivity index (χ4v) is 3.43. The van der Waals surface area contributed by atoms with E-state index < -0.39 is 16.0 Å². The number of sulfonamides is 1. The van der Waals surface area contributed by atoms with Gasteiger partial charge in [-0.05, 0) is 49.5 Å². The number of rotatable bonds is 9. The predicted molar refractivity (Wildman–Crippen MR) is 85.6 cm³/mol. The Morgan fingerprint density at radius 2 is 2.00 bits per heavy atom. The second-order valence-electron chi connectivity index (χ2n) is 4.73. The highest BCUT2D eigenvalue weighted by Crippen LogP contribution is 2.15. The Balaban J connectivity index is 2.66. The van der Waals surface area contributed by atoms with Gasteiger partial charge in [0, 0.05) is 6.54 Å². The first-order valence-electron chi connectivity index (χ1n) is 6.71. The molecule has 1 aromatic rings. The summed E-state index contributed by atoms with van der Waals surface area (Å²) in [5.41, 5.74) is 0.552. The molecule has 0 atom stereocenters. The number of thioether (sulfide) groups is 1. The number of benzene rings is 1. The van der Waals surface area contributed by atoms with Gasteiger partial charge in [-0.15, -0.1) is 0 Å². The second-order valence-corrected chi connectivity index (χ2v) is 7.49. The van der Waals surface area contributed by atoms with Gasteiger partial charge in [0.2, 0.25) is 10.0 Å². The van der Waals surface area contributed by atoms with Crippen LogP contribution in [0.15, 0.2) is 23.1 Å². The molecule has 7 heteroatoms. The number of carboxylic acids is 1. The van der Waals surface area contributed by atoms with Crippen LogP contribution < -0.4 is 4.72 Å². The van der Waals surface area contributed by atoms with Crippen LogP contribution in [0.25, 0.3) is 0 Å². The lowest BCUT2D eigenvalue weighted by molar-refractivity contribution is 0.0696. The van der Waals surface area contributed by atoms with Crippen LogP contribution in [-0.2, 0) is 10.0 Å². The van der Waals surface area contributed by atoms with E-state index in [0.29, 0.717) is 12.1 Å². The molecule has 0 heterocycles. The molecule has 1 aromatic carbocycles. The van der Waals surface area contributed by atoms with Crippen LogP contribution in [0.5, 0.6) is 0 Å². The Hall–Kier alpha value is -1.05. The van der Waals surface area contributed by atoms with Gasteiger partial charge < -0.3 is 5.11 Å². The minimum absolute atomic E-state index is 0.00499. The molecule has 1 rings (SSSR count). The summed E-state index contributed by atoms with van der Waals surface area (Å²) in [6, 6.07) is 4.14. The maximum Gasteiger partial charge on any atom is 0.335 e. The summed E-state index contributed by atoms with van der Waals surface area (Å²) in [6.07, 6.45) is 4.85. The van der Waals surface area contributed by atoms with Crippen molar-refractivity contribution in [2.75, 3.05) is 18.6 Å². The molecule has 118 valence electrons. The van der Waals surface area contributed by atoms with Gasteiger partial charge in [-0.25, -0.2) is 17.9 Å². The van der Waals surface area contributed by atoms with Crippen molar-refractivity contribution in [2.24, 2.45) is 0 Å². The van der Waals surface area contributed by atoms with Crippen LogP contribution in [0, 0.1) is 6.92 Å². The van der Waals surface area contributed by atoms with E-state index >= 15 is 0 Å². The molecule has 0 aliphatic carbocycles. The van der Waals surface area contributed by atoms with Crippen molar-refractivity contribution in [3.05, 3.63) is 29.3 Å². The molecule has 0 bridgehead atoms. The van der Waals surface area contributed by atoms with Crippen LogP contribution in [0.3, 0.4) is 0 Å². The van der Waals surface area contributed by atoms with E-state index in [9.17, 15) is 13.2 Å². The van der Waals surface area contributed by atoms with Crippen LogP contribution in [0.2, 0.25) is 0 Å². The molecule has 5 nitrogen and oxygen atoms in total. The third-order valence-electron chi connectivity index (χ3n) is 3.07. The third-order valence-corrected chi connectivity index (χ3v) is 5.22. The fraction of sp³-hybridized carbons (Fsp3) is 0.500. The average Bonchev–Trinajstić information content (AvgIpc) is 2.42. The van der Waals surface area contributed by atoms with Gasteiger partial charge >= 0.3 is 5.97 Å². The predicted octanol–water partition coefficient (Wildman–Crippen LogP) is 2.50. The van der Waals surface area contributed by atoms with Gasteiger partial charge in [0.15, 0.2) is 0 Å². The minimum atomic E-state index is -3.64. The van der Waals surface area contributed by atoms with Crippen LogP contribution in [0.4, 0.5) is 0 Å². The summed E-state index contributed by atoms with van der Waals surface area (Å²) in [7, 11) is -3.64. The number of unbranched alkanes of at least 4 members (excludes halogenated alkanes) is 2. The maximum atomic E-state index is 12.1. The molecule has 0 saturated carbocycles. The van der Waals surface area contributed by atoms with Gasteiger partial charge in [0.1, 0.15) is 0 Å². The molecule has 0 amide bonds. The third kappa shape index (κ3) is 5.68. The summed E-state index contributed by atoms with van der Waals surface area (Å²) in [5.74, 6) is -0.0474. The number of carboxylic acid groups (broad SMARTS) is 1. The van der Waals surface area contributed by atoms with Crippen molar-refractivity contribution in [2.45, 2.75) is 31.1 Å². The van der Waals surface area contributed by atoms with Crippen molar-refractivity contribution in [3.63, 3.8) is 0 Å². The molecule has 0 spiro atoms. The topological polar surface area (TPSA) is 83.5 Å². The van der Waals surface area contributed by atoms with Crippen molar-refractivity contribution in [1.82, 2.24) is 4.72 Å². The molecule has 0 fully saturated rings. The standard InChI is InChI=1S/C14H21NO4S2/c1-11-6-7-12(10-13(11)14(16)17)21(18,19)15-8-4-3-5-9-20-2/h6-7,10,15H,3-5,8-9H2,1-2H3,(H,16,17). The van der Waals surface area contributed by atoms with Crippen molar-refractivity contribution >= 4 is 27.8 Å². The Labute approximate surface area is 130 Å². The highest BCUT2D eigenvalue weighted by Gasteiger charge is 2.17. The zero-order valence-electron chi connectivity index (χ0n) is 12.3. The van der Waals surface area contributed by atoms with Crippen molar-refractivity contribution in [3.8, 4) is 0 Å². The summed E-state index contributed by atoms with van der Waals surface area (Å²) >= 11 is 1.77. The van der Waals surface area contributed by atoms with Gasteiger partial charge in [-0.2, -0.15) is 11.8 Å². The van der Waals surface area contributed by atoms with E-state index in [1.807, 2.05) is 6.26 Å². The minimum Gasteiger partial charge on any atom is -0.478 e. The summed E-state index contributed by atoms with van der Waals surface area (Å²) in [6.45, 7) is 2.01. The Morgan fingerprint density at radius 1 is 1.29 bits per heavy atom. The lowest BCUT2D eigenvalue weighted by atomic mass is 10.1. The molecule has 2 N–H and O–H groups in total. The Bertz CT molecular complexity index is 585. The normalized spacial score (nSPS) is 11.5. The van der Waals surface area contributed by atoms with Gasteiger partial charge in [-0.3, -0.25) is 0 Å². The van der Waals surface area contributed by atoms with Gasteiger partial charge in [-0.1, -0.05) is 12.5 Å². The summed E-state index contributed by atoms with van der Waals surface area (Å²) in [5, 5.41) is 9.04. The van der Waals surface area contributed by atoms with E-state index in [-0.39, 0.29) is 10.5 Å². The van der Waals surface area contributed by atoms with E-state index in [4.69, 9.17) is 5.11 Å². The molecule has 0 saturated heterocycles. The first-order valence-corrected chi connectivity index (χ1v) is 9.58. The smallest absolute Gasteiger partial charge is 0.335 e. The first-order chi connectivity index (χ1) is 9.88. The Kier molecular flexibility index (Phi) is 7.21. The zero-order valence-corrected chi connectivity index (χ0v) is 13.9. The number of aromatic carboxylic acids is 1. The molecular formula is C14H21NO4S2. The molecule has 0 aliphatic heterocycles. The van der Waals surface area contributed by atoms with Crippen LogP contribution in [-0.4, -0.2) is 38.0 Å². The zero-order chi connectivity index (χ0) is 15.9. The average molecular weight is 331 g/mol. The summed E-state index contributed by atoms with van der Waals surface area (Å²) < 4.78 is 26.7. The van der Waals surface area contributed by atoms with E-state index in [2.05, 4.69) is 4.72 Å². The number of carbonyl (C=O) groups is 1. The molecule has 21 heavy (non-hydrogen) atoms. The van der Waals surface area contributed by atoms with E-state index in [1.54, 1.807) is 18.7 Å². The van der Waals surface area contributed by atoms with Crippen molar-refractivity contribution in [1.29, 1.82) is 0 Å². The maximum absolute atomic E-state index is 12.1. The fourth-order valence-electron chi connectivity index (χ4n) is 1.84. The molecule has 0 aliphatic rings. The largest absolute Gasteiger partial charge is 0.478 e. The van der Waals surface area contributed by atoms with E-state index in [1.165, 1.54) is 18.2 Å². The Morgan fingerprint density at radius 3 is 2.62 bits per heavy atom. The molecule has 0 unspecified atom stereocenters. The number of aryl methyl sites for hydroxylation is 1. The van der Waals surface area contributed by atoms with Crippen LogP contribution >= 0.6 is 11.8 Å². The van der Waals surface area contributed by atoms with Gasteiger partial charge in [0.05, 0.1) is 10.5 Å². The monoisotopic (exact) mass is 331 g/mol. The highest BCUT2D eigenvalue weighted by molar-refractivity contribution is 7.98. The lowest BCUT2D eigenvalue weighted by Gasteiger charge is -2.08. The van der Waals surface area contributed by atoms with E-state index in [0.717, 1.165) is 25.0 Å². The molecule has 0 aromatic heterocycles. The molecular weight excluding hydrogens is 310 g/mol. The number of hydrogen-bond acceptors (Lipinski definition) is 4. The first kappa shape index (κ1) is 18.0. The number of nitrogens with one attached hydrogen (secondary N) is 1. The number of hydrogen-bond donors (Lipinski definition) is 2.